The topological polar surface area (TPSA) is 23.6 Å². The zero-order valence-corrected chi connectivity index (χ0v) is 14.5. The maximum atomic E-state index is 12.5. The van der Waals surface area contributed by atoms with Crippen LogP contribution in [-0.4, -0.2) is 37.0 Å². The van der Waals surface area contributed by atoms with Gasteiger partial charge in [-0.2, -0.15) is 0 Å². The molecule has 3 nitrogen and oxygen atoms in total. The van der Waals surface area contributed by atoms with Crippen molar-refractivity contribution in [3.8, 4) is 0 Å². The summed E-state index contributed by atoms with van der Waals surface area (Å²) < 4.78 is 1.02. The summed E-state index contributed by atoms with van der Waals surface area (Å²) in [5, 5.41) is 0. The molecule has 6 heteroatoms. The van der Waals surface area contributed by atoms with Crippen molar-refractivity contribution in [2.24, 2.45) is 0 Å². The van der Waals surface area contributed by atoms with E-state index in [1.54, 1.807) is 6.07 Å². The Balaban J connectivity index is 1.67. The minimum Gasteiger partial charge on any atom is -0.368 e. The first-order chi connectivity index (χ1) is 10.5. The lowest BCUT2D eigenvalue weighted by Crippen LogP contribution is -2.48. The van der Waals surface area contributed by atoms with Gasteiger partial charge in [0, 0.05) is 31.9 Å². The van der Waals surface area contributed by atoms with Crippen molar-refractivity contribution < 1.29 is 4.79 Å². The highest BCUT2D eigenvalue weighted by atomic mass is 35.5. The van der Waals surface area contributed by atoms with Gasteiger partial charge in [-0.1, -0.05) is 35.3 Å². The summed E-state index contributed by atoms with van der Waals surface area (Å²) in [5.74, 6) is -0.0305. The first-order valence-corrected chi connectivity index (χ1v) is 8.67. The third-order valence-corrected chi connectivity index (χ3v) is 5.31. The molecule has 116 valence electrons. The molecule has 0 saturated carbocycles. The smallest absolute Gasteiger partial charge is 0.256 e. The number of thiophene rings is 1. The number of amides is 1. The Morgan fingerprint density at radius 1 is 1.14 bits per heavy atom. The molecule has 1 fully saturated rings. The molecular weight excluding hydrogens is 339 g/mol. The van der Waals surface area contributed by atoms with E-state index in [4.69, 9.17) is 23.2 Å². The van der Waals surface area contributed by atoms with Crippen LogP contribution in [0.1, 0.15) is 15.9 Å². The predicted molar refractivity (Wildman–Crippen MR) is 93.6 cm³/mol. The van der Waals surface area contributed by atoms with Crippen molar-refractivity contribution in [2.45, 2.75) is 6.92 Å². The minimum atomic E-state index is -0.0305. The molecule has 0 spiro atoms. The number of halogens is 2. The van der Waals surface area contributed by atoms with Gasteiger partial charge in [0.2, 0.25) is 0 Å². The molecule has 1 amide bonds. The van der Waals surface area contributed by atoms with Crippen LogP contribution in [0.5, 0.6) is 0 Å². The molecule has 1 saturated heterocycles. The number of carbonyl (C=O) groups excluding carboxylic acids is 1. The molecule has 22 heavy (non-hydrogen) atoms. The van der Waals surface area contributed by atoms with Crippen molar-refractivity contribution in [1.29, 1.82) is 0 Å². The van der Waals surface area contributed by atoms with Gasteiger partial charge in [-0.25, -0.2) is 0 Å². The van der Waals surface area contributed by atoms with Crippen molar-refractivity contribution in [2.75, 3.05) is 31.1 Å². The van der Waals surface area contributed by atoms with E-state index in [9.17, 15) is 4.79 Å². The third kappa shape index (κ3) is 3.24. The summed E-state index contributed by atoms with van der Waals surface area (Å²) in [5.41, 5.74) is 2.97. The quantitative estimate of drug-likeness (QED) is 0.801. The molecule has 2 heterocycles. The van der Waals surface area contributed by atoms with Crippen LogP contribution < -0.4 is 4.90 Å². The number of piperazine rings is 1. The van der Waals surface area contributed by atoms with Crippen LogP contribution in [0.15, 0.2) is 30.3 Å². The van der Waals surface area contributed by atoms with Crippen LogP contribution in [0.2, 0.25) is 8.67 Å². The van der Waals surface area contributed by atoms with Gasteiger partial charge in [0.25, 0.3) is 5.91 Å². The first kappa shape index (κ1) is 15.7. The highest BCUT2D eigenvalue weighted by Gasteiger charge is 2.25. The molecule has 1 aromatic carbocycles. The van der Waals surface area contributed by atoms with Gasteiger partial charge >= 0.3 is 0 Å². The Bertz CT molecular complexity index is 693. The van der Waals surface area contributed by atoms with E-state index in [0.29, 0.717) is 27.3 Å². The Morgan fingerprint density at radius 3 is 2.45 bits per heavy atom. The first-order valence-electron chi connectivity index (χ1n) is 7.10. The molecule has 0 radical (unpaired) electrons. The second kappa shape index (κ2) is 6.49. The number of benzene rings is 1. The molecule has 0 bridgehead atoms. The molecule has 3 rings (SSSR count). The van der Waals surface area contributed by atoms with E-state index in [1.165, 1.54) is 22.6 Å². The largest absolute Gasteiger partial charge is 0.368 e. The van der Waals surface area contributed by atoms with E-state index in [0.717, 1.165) is 13.1 Å². The van der Waals surface area contributed by atoms with Crippen LogP contribution >= 0.6 is 34.5 Å². The lowest BCUT2D eigenvalue weighted by atomic mass is 10.2. The maximum absolute atomic E-state index is 12.5. The normalized spacial score (nSPS) is 15.2. The Labute approximate surface area is 144 Å². The van der Waals surface area contributed by atoms with Crippen LogP contribution in [0.25, 0.3) is 0 Å². The number of hydrogen-bond acceptors (Lipinski definition) is 3. The molecule has 0 unspecified atom stereocenters. The Kier molecular flexibility index (Phi) is 4.62. The average molecular weight is 355 g/mol. The van der Waals surface area contributed by atoms with Crippen molar-refractivity contribution in [1.82, 2.24) is 4.90 Å². The van der Waals surface area contributed by atoms with Gasteiger partial charge in [0.05, 0.1) is 9.90 Å². The molecule has 0 aliphatic carbocycles. The lowest BCUT2D eigenvalue weighted by Gasteiger charge is -2.36. The van der Waals surface area contributed by atoms with Crippen molar-refractivity contribution in [3.05, 3.63) is 50.1 Å². The summed E-state index contributed by atoms with van der Waals surface area (Å²) >= 11 is 13.2. The molecular formula is C16H16Cl2N2OS. The predicted octanol–water partition coefficient (Wildman–Crippen LogP) is 4.33. The molecule has 0 atom stereocenters. The molecule has 0 N–H and O–H groups in total. The summed E-state index contributed by atoms with van der Waals surface area (Å²) in [6.07, 6.45) is 0. The number of rotatable bonds is 2. The molecule has 1 aliphatic heterocycles. The van der Waals surface area contributed by atoms with E-state index in [2.05, 4.69) is 36.1 Å². The van der Waals surface area contributed by atoms with Gasteiger partial charge < -0.3 is 9.80 Å². The Hall–Kier alpha value is -1.23. The van der Waals surface area contributed by atoms with Gasteiger partial charge in [0.1, 0.15) is 4.34 Å². The summed E-state index contributed by atoms with van der Waals surface area (Å²) in [7, 11) is 0. The number of hydrogen-bond donors (Lipinski definition) is 0. The van der Waals surface area contributed by atoms with Gasteiger partial charge in [-0.3, -0.25) is 4.79 Å². The molecule has 1 aliphatic rings. The number of carbonyl (C=O) groups is 1. The van der Waals surface area contributed by atoms with Gasteiger partial charge in [-0.05, 0) is 30.7 Å². The van der Waals surface area contributed by atoms with Crippen molar-refractivity contribution in [3.63, 3.8) is 0 Å². The van der Waals surface area contributed by atoms with E-state index < -0.39 is 0 Å². The number of nitrogens with zero attached hydrogens (tertiary/aromatic N) is 2. The zero-order chi connectivity index (χ0) is 15.7. The van der Waals surface area contributed by atoms with Crippen LogP contribution in [-0.2, 0) is 0 Å². The van der Waals surface area contributed by atoms with Gasteiger partial charge in [0.15, 0.2) is 0 Å². The fourth-order valence-electron chi connectivity index (χ4n) is 2.65. The second-order valence-electron chi connectivity index (χ2n) is 5.36. The summed E-state index contributed by atoms with van der Waals surface area (Å²) in [4.78, 5) is 16.7. The number of anilines is 1. The fraction of sp³-hybridized carbons (Fsp3) is 0.312. The fourth-order valence-corrected chi connectivity index (χ4v) is 4.10. The average Bonchev–Trinajstić information content (AvgIpc) is 2.85. The van der Waals surface area contributed by atoms with E-state index >= 15 is 0 Å². The van der Waals surface area contributed by atoms with E-state index in [1.807, 2.05) is 4.90 Å². The van der Waals surface area contributed by atoms with Crippen LogP contribution in [0.3, 0.4) is 0 Å². The van der Waals surface area contributed by atoms with Crippen molar-refractivity contribution >= 4 is 46.1 Å². The molecule has 1 aromatic heterocycles. The van der Waals surface area contributed by atoms with Gasteiger partial charge in [-0.15, -0.1) is 11.3 Å². The Morgan fingerprint density at radius 2 is 1.86 bits per heavy atom. The highest BCUT2D eigenvalue weighted by molar-refractivity contribution is 7.20. The monoisotopic (exact) mass is 354 g/mol. The minimum absolute atomic E-state index is 0.0305. The summed E-state index contributed by atoms with van der Waals surface area (Å²) in [6, 6.07) is 10.1. The highest BCUT2D eigenvalue weighted by Crippen LogP contribution is 2.32. The standard InChI is InChI=1S/C16H16Cl2N2OS/c1-11-3-2-4-12(9-11)19-5-7-20(8-6-19)16(21)13-10-14(17)22-15(13)18/h2-4,9-10H,5-8H2,1H3. The summed E-state index contributed by atoms with van der Waals surface area (Å²) in [6.45, 7) is 5.12. The third-order valence-electron chi connectivity index (χ3n) is 3.82. The number of aryl methyl sites for hydroxylation is 1. The maximum Gasteiger partial charge on any atom is 0.256 e. The molecule has 2 aromatic rings. The SMILES string of the molecule is Cc1cccc(N2CCN(C(=O)c3cc(Cl)sc3Cl)CC2)c1. The van der Waals surface area contributed by atoms with E-state index in [-0.39, 0.29) is 5.91 Å². The lowest BCUT2D eigenvalue weighted by molar-refractivity contribution is 0.0747. The second-order valence-corrected chi connectivity index (χ2v) is 7.64. The van der Waals surface area contributed by atoms with Crippen LogP contribution in [0.4, 0.5) is 5.69 Å². The van der Waals surface area contributed by atoms with Crippen LogP contribution in [0, 0.1) is 6.92 Å². The zero-order valence-electron chi connectivity index (χ0n) is 12.2.